The van der Waals surface area contributed by atoms with Crippen molar-refractivity contribution >= 4 is 22.8 Å². The summed E-state index contributed by atoms with van der Waals surface area (Å²) >= 11 is 0. The van der Waals surface area contributed by atoms with Crippen LogP contribution in [0.25, 0.3) is 10.9 Å². The van der Waals surface area contributed by atoms with E-state index in [0.717, 1.165) is 25.2 Å². The zero-order valence-electron chi connectivity index (χ0n) is 15.5. The molecule has 7 nitrogen and oxygen atoms in total. The number of esters is 1. The monoisotopic (exact) mass is 378 g/mol. The lowest BCUT2D eigenvalue weighted by Crippen LogP contribution is -2.49. The summed E-state index contributed by atoms with van der Waals surface area (Å²) in [6.07, 6.45) is 0. The van der Waals surface area contributed by atoms with Gasteiger partial charge >= 0.3 is 5.97 Å². The summed E-state index contributed by atoms with van der Waals surface area (Å²) in [6, 6.07) is 17.6. The SMILES string of the molecule is O=C(OCC(=O)N1CCN(Cc2ccccc2)CC1)c1n[nH]c2ccccc12. The predicted octanol–water partition coefficient (Wildman–Crippen LogP) is 2.06. The van der Waals surface area contributed by atoms with Gasteiger partial charge in [0.15, 0.2) is 12.3 Å². The molecule has 1 saturated heterocycles. The van der Waals surface area contributed by atoms with Crippen LogP contribution in [0.2, 0.25) is 0 Å². The van der Waals surface area contributed by atoms with E-state index >= 15 is 0 Å². The topological polar surface area (TPSA) is 78.5 Å². The molecule has 0 saturated carbocycles. The number of benzene rings is 2. The standard InChI is InChI=1S/C21H22N4O3/c26-19(15-28-21(27)20-17-8-4-5-9-18(17)22-23-20)25-12-10-24(11-13-25)14-16-6-2-1-3-7-16/h1-9H,10-15H2,(H,22,23). The number of piperazine rings is 1. The van der Waals surface area contributed by atoms with Gasteiger partial charge in [0.1, 0.15) is 0 Å². The van der Waals surface area contributed by atoms with Gasteiger partial charge in [-0.3, -0.25) is 14.8 Å². The minimum absolute atomic E-state index is 0.174. The number of aromatic amines is 1. The number of amides is 1. The molecule has 0 aliphatic carbocycles. The molecule has 1 aromatic heterocycles. The highest BCUT2D eigenvalue weighted by Crippen LogP contribution is 2.16. The Morgan fingerprint density at radius 2 is 1.68 bits per heavy atom. The van der Waals surface area contributed by atoms with Gasteiger partial charge < -0.3 is 9.64 Å². The summed E-state index contributed by atoms with van der Waals surface area (Å²) in [6.45, 7) is 3.49. The number of aromatic nitrogens is 2. The summed E-state index contributed by atoms with van der Waals surface area (Å²) in [5.74, 6) is -0.763. The fraction of sp³-hybridized carbons (Fsp3) is 0.286. The molecule has 7 heteroatoms. The van der Waals surface area contributed by atoms with Crippen LogP contribution >= 0.6 is 0 Å². The molecule has 1 amide bonds. The van der Waals surface area contributed by atoms with Gasteiger partial charge in [-0.15, -0.1) is 0 Å². The Labute approximate surface area is 162 Å². The zero-order valence-corrected chi connectivity index (χ0v) is 15.5. The number of carbonyl (C=O) groups is 2. The quantitative estimate of drug-likeness (QED) is 0.688. The second-order valence-electron chi connectivity index (χ2n) is 6.84. The van der Waals surface area contributed by atoms with Gasteiger partial charge in [-0.2, -0.15) is 5.10 Å². The molecule has 1 N–H and O–H groups in total. The van der Waals surface area contributed by atoms with Crippen molar-refractivity contribution in [3.8, 4) is 0 Å². The first-order valence-corrected chi connectivity index (χ1v) is 9.35. The molecule has 28 heavy (non-hydrogen) atoms. The molecule has 0 spiro atoms. The van der Waals surface area contributed by atoms with E-state index < -0.39 is 5.97 Å². The molecule has 0 radical (unpaired) electrons. The lowest BCUT2D eigenvalue weighted by molar-refractivity contribution is -0.136. The minimum atomic E-state index is -0.589. The van der Waals surface area contributed by atoms with Crippen molar-refractivity contribution < 1.29 is 14.3 Å². The number of fused-ring (bicyclic) bond motifs is 1. The van der Waals surface area contributed by atoms with Crippen LogP contribution in [-0.2, 0) is 16.1 Å². The van der Waals surface area contributed by atoms with Gasteiger partial charge in [0, 0.05) is 38.1 Å². The van der Waals surface area contributed by atoms with Crippen LogP contribution in [0.4, 0.5) is 0 Å². The van der Waals surface area contributed by atoms with Gasteiger partial charge in [-0.05, 0) is 11.6 Å². The number of nitrogens with zero attached hydrogens (tertiary/aromatic N) is 3. The molecule has 1 aliphatic rings. The summed E-state index contributed by atoms with van der Waals surface area (Å²) in [5, 5.41) is 7.49. The number of para-hydroxylation sites is 1. The zero-order chi connectivity index (χ0) is 19.3. The van der Waals surface area contributed by atoms with Crippen molar-refractivity contribution in [1.29, 1.82) is 0 Å². The van der Waals surface area contributed by atoms with E-state index in [1.807, 2.05) is 36.4 Å². The minimum Gasteiger partial charge on any atom is -0.451 e. The molecule has 0 unspecified atom stereocenters. The van der Waals surface area contributed by atoms with E-state index in [2.05, 4.69) is 27.2 Å². The maximum atomic E-state index is 12.4. The fourth-order valence-corrected chi connectivity index (χ4v) is 3.40. The third-order valence-electron chi connectivity index (χ3n) is 4.96. The Balaban J connectivity index is 1.26. The maximum absolute atomic E-state index is 12.4. The van der Waals surface area contributed by atoms with Crippen LogP contribution in [0, 0.1) is 0 Å². The van der Waals surface area contributed by atoms with Gasteiger partial charge in [0.2, 0.25) is 0 Å². The Morgan fingerprint density at radius 3 is 2.46 bits per heavy atom. The number of hydrogen-bond donors (Lipinski definition) is 1. The fourth-order valence-electron chi connectivity index (χ4n) is 3.40. The van der Waals surface area contributed by atoms with Gasteiger partial charge in [0.05, 0.1) is 5.52 Å². The van der Waals surface area contributed by atoms with Crippen molar-refractivity contribution in [2.45, 2.75) is 6.54 Å². The van der Waals surface area contributed by atoms with E-state index in [0.29, 0.717) is 18.5 Å². The molecule has 4 rings (SSSR count). The summed E-state index contributed by atoms with van der Waals surface area (Å²) in [4.78, 5) is 28.7. The van der Waals surface area contributed by atoms with E-state index in [-0.39, 0.29) is 18.2 Å². The Morgan fingerprint density at radius 1 is 0.964 bits per heavy atom. The molecule has 3 aromatic rings. The molecule has 0 bridgehead atoms. The first-order chi connectivity index (χ1) is 13.7. The van der Waals surface area contributed by atoms with Crippen molar-refractivity contribution in [2.24, 2.45) is 0 Å². The molecule has 1 aliphatic heterocycles. The lowest BCUT2D eigenvalue weighted by atomic mass is 10.2. The van der Waals surface area contributed by atoms with Crippen molar-refractivity contribution in [3.63, 3.8) is 0 Å². The van der Waals surface area contributed by atoms with Gasteiger partial charge in [-0.25, -0.2) is 4.79 Å². The van der Waals surface area contributed by atoms with E-state index in [1.165, 1.54) is 5.56 Å². The average molecular weight is 378 g/mol. The number of nitrogens with one attached hydrogen (secondary N) is 1. The second kappa shape index (κ2) is 8.22. The number of ether oxygens (including phenoxy) is 1. The molecular formula is C21H22N4O3. The lowest BCUT2D eigenvalue weighted by Gasteiger charge is -2.34. The Bertz CT molecular complexity index is 962. The largest absolute Gasteiger partial charge is 0.451 e. The molecule has 144 valence electrons. The summed E-state index contributed by atoms with van der Waals surface area (Å²) in [5.41, 5.74) is 2.23. The first-order valence-electron chi connectivity index (χ1n) is 9.35. The van der Waals surface area contributed by atoms with Crippen molar-refractivity contribution in [1.82, 2.24) is 20.0 Å². The van der Waals surface area contributed by atoms with Crippen molar-refractivity contribution in [2.75, 3.05) is 32.8 Å². The third-order valence-corrected chi connectivity index (χ3v) is 4.96. The van der Waals surface area contributed by atoms with Gasteiger partial charge in [0.25, 0.3) is 5.91 Å². The highest BCUT2D eigenvalue weighted by atomic mass is 16.5. The molecule has 1 fully saturated rings. The molecular weight excluding hydrogens is 356 g/mol. The Hall–Kier alpha value is -3.19. The van der Waals surface area contributed by atoms with Crippen LogP contribution in [0.1, 0.15) is 16.1 Å². The van der Waals surface area contributed by atoms with Crippen LogP contribution in [0.15, 0.2) is 54.6 Å². The van der Waals surface area contributed by atoms with Crippen molar-refractivity contribution in [3.05, 3.63) is 65.9 Å². The predicted molar refractivity (Wildman–Crippen MR) is 105 cm³/mol. The van der Waals surface area contributed by atoms with Crippen LogP contribution < -0.4 is 0 Å². The van der Waals surface area contributed by atoms with Crippen LogP contribution in [-0.4, -0.2) is 64.7 Å². The highest BCUT2D eigenvalue weighted by molar-refractivity contribution is 6.02. The molecule has 2 heterocycles. The maximum Gasteiger partial charge on any atom is 0.359 e. The normalized spacial score (nSPS) is 14.9. The number of carbonyl (C=O) groups excluding carboxylic acids is 2. The molecule has 2 aromatic carbocycles. The smallest absolute Gasteiger partial charge is 0.359 e. The number of rotatable bonds is 5. The second-order valence-corrected chi connectivity index (χ2v) is 6.84. The van der Waals surface area contributed by atoms with E-state index in [4.69, 9.17) is 4.74 Å². The summed E-state index contributed by atoms with van der Waals surface area (Å²) in [7, 11) is 0. The average Bonchev–Trinajstić information content (AvgIpc) is 3.17. The number of H-pyrrole nitrogens is 1. The van der Waals surface area contributed by atoms with Crippen LogP contribution in [0.3, 0.4) is 0 Å². The highest BCUT2D eigenvalue weighted by Gasteiger charge is 2.23. The third kappa shape index (κ3) is 4.04. The van der Waals surface area contributed by atoms with Crippen LogP contribution in [0.5, 0.6) is 0 Å². The van der Waals surface area contributed by atoms with Gasteiger partial charge in [-0.1, -0.05) is 48.5 Å². The van der Waals surface area contributed by atoms with E-state index in [9.17, 15) is 9.59 Å². The number of hydrogen-bond acceptors (Lipinski definition) is 5. The van der Waals surface area contributed by atoms with E-state index in [1.54, 1.807) is 11.0 Å². The summed E-state index contributed by atoms with van der Waals surface area (Å²) < 4.78 is 5.21. The Kier molecular flexibility index (Phi) is 5.34. The molecule has 0 atom stereocenters. The first kappa shape index (κ1) is 18.2.